The number of pyridine rings is 3. The average molecular weight is 481 g/mol. The van der Waals surface area contributed by atoms with Crippen LogP contribution in [0.4, 0.5) is 10.2 Å². The number of rotatable bonds is 12. The van der Waals surface area contributed by atoms with Crippen LogP contribution in [0.3, 0.4) is 0 Å². The monoisotopic (exact) mass is 480 g/mol. The number of methoxy groups -OCH3 is 1. The number of aromatic nitrogens is 3. The second-order valence-electron chi connectivity index (χ2n) is 8.64. The molecule has 0 aromatic carbocycles. The smallest absolute Gasteiger partial charge is 0.213 e. The quantitative estimate of drug-likeness (QED) is 0.382. The number of anilines is 1. The highest BCUT2D eigenvalue weighted by Gasteiger charge is 2.23. The Morgan fingerprint density at radius 2 is 2.14 bits per heavy atom. The van der Waals surface area contributed by atoms with Crippen molar-refractivity contribution in [2.24, 2.45) is 5.92 Å². The molecule has 0 amide bonds. The SMILES string of the molecule is C=CCOc1ccc(CNCC2CCN(CCc3c(F)cnc4ccc(OC)nc34)C2)nc1NC. The van der Waals surface area contributed by atoms with Crippen molar-refractivity contribution in [3.05, 3.63) is 60.2 Å². The number of nitrogens with zero attached hydrogens (tertiary/aromatic N) is 4. The highest BCUT2D eigenvalue weighted by molar-refractivity contribution is 5.78. The highest BCUT2D eigenvalue weighted by atomic mass is 19.1. The maximum absolute atomic E-state index is 14.6. The molecule has 1 unspecified atom stereocenters. The summed E-state index contributed by atoms with van der Waals surface area (Å²) in [6, 6.07) is 7.47. The summed E-state index contributed by atoms with van der Waals surface area (Å²) >= 11 is 0. The summed E-state index contributed by atoms with van der Waals surface area (Å²) in [5.74, 6) is 2.14. The first kappa shape index (κ1) is 24.8. The second-order valence-corrected chi connectivity index (χ2v) is 8.64. The summed E-state index contributed by atoms with van der Waals surface area (Å²) in [5.41, 5.74) is 2.82. The number of nitrogens with one attached hydrogen (secondary N) is 2. The minimum Gasteiger partial charge on any atom is -0.486 e. The van der Waals surface area contributed by atoms with Crippen molar-refractivity contribution in [3.63, 3.8) is 0 Å². The lowest BCUT2D eigenvalue weighted by molar-refractivity contribution is 0.324. The molecule has 1 saturated heterocycles. The lowest BCUT2D eigenvalue weighted by Crippen LogP contribution is -2.28. The zero-order valence-electron chi connectivity index (χ0n) is 20.4. The van der Waals surface area contributed by atoms with Gasteiger partial charge in [-0.25, -0.2) is 14.4 Å². The van der Waals surface area contributed by atoms with E-state index in [2.05, 4.69) is 37.1 Å². The van der Waals surface area contributed by atoms with Crippen LogP contribution in [0.5, 0.6) is 11.6 Å². The van der Waals surface area contributed by atoms with Crippen LogP contribution in [-0.2, 0) is 13.0 Å². The van der Waals surface area contributed by atoms with E-state index >= 15 is 0 Å². The molecule has 186 valence electrons. The summed E-state index contributed by atoms with van der Waals surface area (Å²) in [7, 11) is 3.39. The minimum atomic E-state index is -0.315. The van der Waals surface area contributed by atoms with E-state index in [0.29, 0.717) is 48.0 Å². The molecule has 0 bridgehead atoms. The Morgan fingerprint density at radius 3 is 2.94 bits per heavy atom. The molecular formula is C26H33FN6O2. The normalized spacial score (nSPS) is 15.9. The second kappa shape index (κ2) is 11.9. The van der Waals surface area contributed by atoms with Crippen molar-refractivity contribution < 1.29 is 13.9 Å². The summed E-state index contributed by atoms with van der Waals surface area (Å²) in [6.45, 7) is 8.49. The number of halogens is 1. The molecule has 3 aromatic rings. The van der Waals surface area contributed by atoms with Gasteiger partial charge in [-0.15, -0.1) is 0 Å². The van der Waals surface area contributed by atoms with Gasteiger partial charge in [-0.3, -0.25) is 4.98 Å². The molecule has 1 fully saturated rings. The lowest BCUT2D eigenvalue weighted by atomic mass is 10.1. The number of hydrogen-bond donors (Lipinski definition) is 2. The van der Waals surface area contributed by atoms with Gasteiger partial charge in [0.25, 0.3) is 0 Å². The van der Waals surface area contributed by atoms with Gasteiger partial charge in [0, 0.05) is 38.3 Å². The van der Waals surface area contributed by atoms with Crippen molar-refractivity contribution >= 4 is 16.9 Å². The molecule has 1 aliphatic heterocycles. The molecule has 3 aromatic heterocycles. The molecule has 1 atom stereocenters. The van der Waals surface area contributed by atoms with Gasteiger partial charge in [0.2, 0.25) is 5.88 Å². The standard InChI is InChI=1S/C26H33FN6O2/c1-4-13-35-23-7-5-19(31-26(23)28-2)15-29-14-18-9-11-33(17-18)12-10-20-21(27)16-30-22-6-8-24(34-3)32-25(20)22/h4-8,16,18,29H,1,9-15,17H2,2-3H3,(H,28,31). The van der Waals surface area contributed by atoms with E-state index in [1.807, 2.05) is 25.2 Å². The first-order valence-corrected chi connectivity index (χ1v) is 11.9. The Hall–Kier alpha value is -3.30. The third kappa shape index (κ3) is 6.23. The third-order valence-corrected chi connectivity index (χ3v) is 6.25. The highest BCUT2D eigenvalue weighted by Crippen LogP contribution is 2.24. The third-order valence-electron chi connectivity index (χ3n) is 6.25. The molecule has 8 nitrogen and oxygen atoms in total. The molecule has 0 saturated carbocycles. The first-order valence-electron chi connectivity index (χ1n) is 11.9. The maximum Gasteiger partial charge on any atom is 0.213 e. The molecule has 0 spiro atoms. The largest absolute Gasteiger partial charge is 0.486 e. The zero-order valence-corrected chi connectivity index (χ0v) is 20.4. The van der Waals surface area contributed by atoms with Gasteiger partial charge < -0.3 is 25.0 Å². The van der Waals surface area contributed by atoms with Gasteiger partial charge in [0.05, 0.1) is 30.0 Å². The molecular weight excluding hydrogens is 447 g/mol. The van der Waals surface area contributed by atoms with Crippen molar-refractivity contribution in [1.82, 2.24) is 25.2 Å². The van der Waals surface area contributed by atoms with Crippen molar-refractivity contribution in [3.8, 4) is 11.6 Å². The van der Waals surface area contributed by atoms with Crippen LogP contribution in [0.25, 0.3) is 11.0 Å². The van der Waals surface area contributed by atoms with Crippen LogP contribution in [-0.4, -0.2) is 66.8 Å². The fraction of sp³-hybridized carbons (Fsp3) is 0.423. The summed E-state index contributed by atoms with van der Waals surface area (Å²) < 4.78 is 25.4. The molecule has 9 heteroatoms. The predicted molar refractivity (Wildman–Crippen MR) is 135 cm³/mol. The Kier molecular flexibility index (Phi) is 8.44. The van der Waals surface area contributed by atoms with Crippen LogP contribution >= 0.6 is 0 Å². The Morgan fingerprint density at radius 1 is 1.26 bits per heavy atom. The average Bonchev–Trinajstić information content (AvgIpc) is 3.34. The molecule has 35 heavy (non-hydrogen) atoms. The van der Waals surface area contributed by atoms with E-state index in [9.17, 15) is 4.39 Å². The molecule has 2 N–H and O–H groups in total. The number of fused-ring (bicyclic) bond motifs is 1. The van der Waals surface area contributed by atoms with Crippen molar-refractivity contribution in [2.75, 3.05) is 52.3 Å². The lowest BCUT2D eigenvalue weighted by Gasteiger charge is -2.17. The fourth-order valence-electron chi connectivity index (χ4n) is 4.42. The summed E-state index contributed by atoms with van der Waals surface area (Å²) in [6.07, 6.45) is 4.70. The van der Waals surface area contributed by atoms with Crippen LogP contribution in [0.15, 0.2) is 43.1 Å². The number of ether oxygens (including phenoxy) is 2. The summed E-state index contributed by atoms with van der Waals surface area (Å²) in [5, 5.41) is 6.62. The van der Waals surface area contributed by atoms with Crippen LogP contribution in [0.2, 0.25) is 0 Å². The van der Waals surface area contributed by atoms with Gasteiger partial charge in [0.15, 0.2) is 11.6 Å². The van der Waals surface area contributed by atoms with E-state index in [1.165, 1.54) is 6.20 Å². The summed E-state index contributed by atoms with van der Waals surface area (Å²) in [4.78, 5) is 15.6. The molecule has 0 aliphatic carbocycles. The minimum absolute atomic E-state index is 0.315. The van der Waals surface area contributed by atoms with Gasteiger partial charge in [-0.05, 0) is 50.0 Å². The predicted octanol–water partition coefficient (Wildman–Crippen LogP) is 3.43. The van der Waals surface area contributed by atoms with Crippen molar-refractivity contribution in [1.29, 1.82) is 0 Å². The molecule has 4 heterocycles. The number of likely N-dealkylation sites (tertiary alicyclic amines) is 1. The Balaban J connectivity index is 1.27. The molecule has 4 rings (SSSR count). The molecule has 0 radical (unpaired) electrons. The van der Waals surface area contributed by atoms with Crippen LogP contribution < -0.4 is 20.1 Å². The topological polar surface area (TPSA) is 84.4 Å². The first-order chi connectivity index (χ1) is 17.1. The van der Waals surface area contributed by atoms with Crippen molar-refractivity contribution in [2.45, 2.75) is 19.4 Å². The Bertz CT molecular complexity index is 1160. The van der Waals surface area contributed by atoms with Gasteiger partial charge in [-0.2, -0.15) is 0 Å². The van der Waals surface area contributed by atoms with E-state index in [4.69, 9.17) is 9.47 Å². The van der Waals surface area contributed by atoms with Gasteiger partial charge in [0.1, 0.15) is 12.4 Å². The van der Waals surface area contributed by atoms with Gasteiger partial charge >= 0.3 is 0 Å². The molecule has 1 aliphatic rings. The van der Waals surface area contributed by atoms with Crippen LogP contribution in [0, 0.1) is 11.7 Å². The van der Waals surface area contributed by atoms with Gasteiger partial charge in [-0.1, -0.05) is 12.7 Å². The zero-order chi connectivity index (χ0) is 24.6. The van der Waals surface area contributed by atoms with E-state index in [0.717, 1.165) is 49.9 Å². The number of hydrogen-bond acceptors (Lipinski definition) is 8. The van der Waals surface area contributed by atoms with E-state index in [1.54, 1.807) is 19.3 Å². The van der Waals surface area contributed by atoms with E-state index < -0.39 is 0 Å². The fourth-order valence-corrected chi connectivity index (χ4v) is 4.42. The maximum atomic E-state index is 14.6. The van der Waals surface area contributed by atoms with Crippen LogP contribution in [0.1, 0.15) is 17.7 Å². The Labute approximate surface area is 205 Å². The van der Waals surface area contributed by atoms with E-state index in [-0.39, 0.29) is 5.82 Å².